The molecule has 2 N–H and O–H groups in total. The third kappa shape index (κ3) is 7.15. The molecule has 3 rings (SSSR count). The van der Waals surface area contributed by atoms with Crippen LogP contribution in [0.5, 0.6) is 11.5 Å². The Morgan fingerprint density at radius 1 is 1.27 bits per heavy atom. The normalized spacial score (nSPS) is 12.5. The van der Waals surface area contributed by atoms with Crippen LogP contribution in [-0.2, 0) is 11.3 Å². The van der Waals surface area contributed by atoms with E-state index in [2.05, 4.69) is 15.6 Å². The molecule has 26 heavy (non-hydrogen) atoms. The molecule has 1 amide bonds. The molecular formula is C18H22Cl2FN3O2. The molecule has 5 nitrogen and oxygen atoms in total. The summed E-state index contributed by atoms with van der Waals surface area (Å²) in [4.78, 5) is 15.6. The van der Waals surface area contributed by atoms with Crippen molar-refractivity contribution < 1.29 is 13.9 Å². The number of ether oxygens (including phenoxy) is 1. The Labute approximate surface area is 164 Å². The first-order valence-corrected chi connectivity index (χ1v) is 8.04. The molecule has 0 bridgehead atoms. The Balaban J connectivity index is 0.00000169. The van der Waals surface area contributed by atoms with Crippen LogP contribution in [0.3, 0.4) is 0 Å². The first kappa shape index (κ1) is 22.2. The zero-order chi connectivity index (χ0) is 16.8. The SMILES string of the molecule is Cl.Cl.O=C(CNCC1CC1)NCc1ccc(Oc2cccnc2)c(F)c1. The van der Waals surface area contributed by atoms with Crippen molar-refractivity contribution >= 4 is 30.7 Å². The van der Waals surface area contributed by atoms with Gasteiger partial charge in [-0.25, -0.2) is 4.39 Å². The molecule has 1 aromatic carbocycles. The quantitative estimate of drug-likeness (QED) is 0.710. The Bertz CT molecular complexity index is 700. The molecule has 1 heterocycles. The highest BCUT2D eigenvalue weighted by atomic mass is 35.5. The van der Waals surface area contributed by atoms with E-state index in [4.69, 9.17) is 4.74 Å². The van der Waals surface area contributed by atoms with Crippen LogP contribution in [0.4, 0.5) is 4.39 Å². The molecular weight excluding hydrogens is 380 g/mol. The number of carbonyl (C=O) groups excluding carboxylic acids is 1. The van der Waals surface area contributed by atoms with E-state index in [1.807, 2.05) is 0 Å². The second-order valence-electron chi connectivity index (χ2n) is 5.91. The number of nitrogens with one attached hydrogen (secondary N) is 2. The lowest BCUT2D eigenvalue weighted by molar-refractivity contribution is -0.120. The maximum atomic E-state index is 14.1. The Hall–Kier alpha value is -1.89. The van der Waals surface area contributed by atoms with E-state index in [0.29, 0.717) is 17.9 Å². The first-order valence-electron chi connectivity index (χ1n) is 8.04. The fourth-order valence-corrected chi connectivity index (χ4v) is 2.25. The van der Waals surface area contributed by atoms with E-state index < -0.39 is 5.82 Å². The van der Waals surface area contributed by atoms with Gasteiger partial charge in [0.1, 0.15) is 5.75 Å². The minimum atomic E-state index is -0.475. The number of aromatic nitrogens is 1. The van der Waals surface area contributed by atoms with E-state index in [0.717, 1.165) is 12.5 Å². The average molecular weight is 402 g/mol. The topological polar surface area (TPSA) is 63.2 Å². The Morgan fingerprint density at radius 3 is 2.73 bits per heavy atom. The summed E-state index contributed by atoms with van der Waals surface area (Å²) in [7, 11) is 0. The van der Waals surface area contributed by atoms with Crippen molar-refractivity contribution in [2.75, 3.05) is 13.1 Å². The number of rotatable bonds is 8. The van der Waals surface area contributed by atoms with Crippen LogP contribution in [0.25, 0.3) is 0 Å². The van der Waals surface area contributed by atoms with Crippen molar-refractivity contribution in [3.8, 4) is 11.5 Å². The molecule has 0 unspecified atom stereocenters. The van der Waals surface area contributed by atoms with Gasteiger partial charge in [-0.05, 0) is 55.1 Å². The van der Waals surface area contributed by atoms with E-state index in [1.165, 1.54) is 25.1 Å². The predicted octanol–water partition coefficient (Wildman–Crippen LogP) is 3.47. The summed E-state index contributed by atoms with van der Waals surface area (Å²) in [5, 5.41) is 5.89. The van der Waals surface area contributed by atoms with E-state index >= 15 is 0 Å². The zero-order valence-electron chi connectivity index (χ0n) is 14.1. The standard InChI is InChI=1S/C18H20FN3O2.2ClH/c19-16-8-14(10-22-18(23)12-21-9-13-3-4-13)5-6-17(16)24-15-2-1-7-20-11-15;;/h1-2,5-8,11,13,21H,3-4,9-10,12H2,(H,22,23);2*1H. The molecule has 0 aliphatic heterocycles. The van der Waals surface area contributed by atoms with Gasteiger partial charge in [0.15, 0.2) is 11.6 Å². The maximum Gasteiger partial charge on any atom is 0.234 e. The smallest absolute Gasteiger partial charge is 0.234 e. The lowest BCUT2D eigenvalue weighted by Crippen LogP contribution is -2.34. The van der Waals surface area contributed by atoms with Gasteiger partial charge in [0.05, 0.1) is 12.7 Å². The summed E-state index contributed by atoms with van der Waals surface area (Å²) in [6, 6.07) is 8.06. The highest BCUT2D eigenvalue weighted by molar-refractivity contribution is 5.85. The number of halogens is 3. The van der Waals surface area contributed by atoms with Gasteiger partial charge in [0.2, 0.25) is 5.91 Å². The third-order valence-electron chi connectivity index (χ3n) is 3.76. The molecule has 8 heteroatoms. The first-order chi connectivity index (χ1) is 11.7. The van der Waals surface area contributed by atoms with E-state index in [1.54, 1.807) is 30.5 Å². The van der Waals surface area contributed by atoms with Crippen LogP contribution in [0.1, 0.15) is 18.4 Å². The van der Waals surface area contributed by atoms with Crippen molar-refractivity contribution in [2.24, 2.45) is 5.92 Å². The number of benzene rings is 1. The molecule has 1 aliphatic rings. The van der Waals surface area contributed by atoms with Gasteiger partial charge >= 0.3 is 0 Å². The molecule has 0 radical (unpaired) electrons. The number of nitrogens with zero attached hydrogens (tertiary/aromatic N) is 1. The number of amides is 1. The van der Waals surface area contributed by atoms with Crippen LogP contribution in [0, 0.1) is 11.7 Å². The Kier molecular flexibility index (Phi) is 9.34. The van der Waals surface area contributed by atoms with E-state index in [9.17, 15) is 9.18 Å². The maximum absolute atomic E-state index is 14.1. The summed E-state index contributed by atoms with van der Waals surface area (Å²) in [6.45, 7) is 1.47. The predicted molar refractivity (Wildman–Crippen MR) is 103 cm³/mol. The van der Waals surface area contributed by atoms with E-state index in [-0.39, 0.29) is 43.0 Å². The van der Waals surface area contributed by atoms with Crippen molar-refractivity contribution in [1.29, 1.82) is 0 Å². The second-order valence-corrected chi connectivity index (χ2v) is 5.91. The molecule has 1 aliphatic carbocycles. The van der Waals surface area contributed by atoms with Gasteiger partial charge in [-0.2, -0.15) is 0 Å². The molecule has 2 aromatic rings. The molecule has 142 valence electrons. The van der Waals surface area contributed by atoms with Crippen molar-refractivity contribution in [1.82, 2.24) is 15.6 Å². The Morgan fingerprint density at radius 2 is 2.08 bits per heavy atom. The lowest BCUT2D eigenvalue weighted by Gasteiger charge is -2.09. The number of hydrogen-bond acceptors (Lipinski definition) is 4. The molecule has 1 saturated carbocycles. The molecule has 0 saturated heterocycles. The highest BCUT2D eigenvalue weighted by Gasteiger charge is 2.20. The van der Waals surface area contributed by atoms with Crippen molar-refractivity contribution in [3.05, 3.63) is 54.1 Å². The van der Waals surface area contributed by atoms with Crippen molar-refractivity contribution in [2.45, 2.75) is 19.4 Å². The highest BCUT2D eigenvalue weighted by Crippen LogP contribution is 2.27. The second kappa shape index (κ2) is 11.0. The summed E-state index contributed by atoms with van der Waals surface area (Å²) in [5.41, 5.74) is 0.682. The minimum Gasteiger partial charge on any atom is -0.453 e. The summed E-state index contributed by atoms with van der Waals surface area (Å²) in [5.74, 6) is 0.770. The van der Waals surface area contributed by atoms with Gasteiger partial charge in [0, 0.05) is 12.7 Å². The van der Waals surface area contributed by atoms with Gasteiger partial charge in [-0.1, -0.05) is 6.07 Å². The van der Waals surface area contributed by atoms with Crippen LogP contribution in [0.15, 0.2) is 42.7 Å². The van der Waals surface area contributed by atoms with Gasteiger partial charge in [-0.3, -0.25) is 9.78 Å². The molecule has 0 atom stereocenters. The summed E-state index contributed by atoms with van der Waals surface area (Å²) < 4.78 is 19.5. The average Bonchev–Trinajstić information content (AvgIpc) is 3.40. The van der Waals surface area contributed by atoms with Crippen LogP contribution in [0.2, 0.25) is 0 Å². The van der Waals surface area contributed by atoms with Crippen LogP contribution >= 0.6 is 24.8 Å². The summed E-state index contributed by atoms with van der Waals surface area (Å²) in [6.07, 6.45) is 5.64. The lowest BCUT2D eigenvalue weighted by atomic mass is 10.2. The zero-order valence-corrected chi connectivity index (χ0v) is 15.7. The van der Waals surface area contributed by atoms with Crippen LogP contribution in [-0.4, -0.2) is 24.0 Å². The van der Waals surface area contributed by atoms with Gasteiger partial charge in [-0.15, -0.1) is 24.8 Å². The van der Waals surface area contributed by atoms with Crippen LogP contribution < -0.4 is 15.4 Å². The largest absolute Gasteiger partial charge is 0.453 e. The number of carbonyl (C=O) groups is 1. The fourth-order valence-electron chi connectivity index (χ4n) is 2.25. The summed E-state index contributed by atoms with van der Waals surface area (Å²) >= 11 is 0. The van der Waals surface area contributed by atoms with Gasteiger partial charge < -0.3 is 15.4 Å². The monoisotopic (exact) mass is 401 g/mol. The number of pyridine rings is 1. The number of hydrogen-bond donors (Lipinski definition) is 2. The minimum absolute atomic E-state index is 0. The van der Waals surface area contributed by atoms with Gasteiger partial charge in [0.25, 0.3) is 0 Å². The fraction of sp³-hybridized carbons (Fsp3) is 0.333. The third-order valence-corrected chi connectivity index (χ3v) is 3.76. The van der Waals surface area contributed by atoms with Crippen molar-refractivity contribution in [3.63, 3.8) is 0 Å². The molecule has 1 fully saturated rings. The molecule has 0 spiro atoms. The molecule has 1 aromatic heterocycles.